The van der Waals surface area contributed by atoms with E-state index in [1.807, 2.05) is 18.2 Å². The number of ether oxygens (including phenoxy) is 2. The third-order valence-corrected chi connectivity index (χ3v) is 11.4. The molecular formula is C45H76O18P2. The second-order valence-electron chi connectivity index (χ2n) is 15.8. The van der Waals surface area contributed by atoms with Crippen LogP contribution in [-0.4, -0.2) is 125 Å². The molecule has 0 amide bonds. The van der Waals surface area contributed by atoms with Gasteiger partial charge >= 0.3 is 27.6 Å². The van der Waals surface area contributed by atoms with Crippen molar-refractivity contribution in [3.63, 3.8) is 0 Å². The van der Waals surface area contributed by atoms with Crippen LogP contribution in [0.4, 0.5) is 0 Å². The number of esters is 2. The number of phosphoric acid groups is 2. The van der Waals surface area contributed by atoms with Crippen LogP contribution in [0.25, 0.3) is 0 Å². The Bertz CT molecular complexity index is 1580. The molecule has 1 aliphatic carbocycles. The minimum Gasteiger partial charge on any atom is -0.462 e. The van der Waals surface area contributed by atoms with Crippen LogP contribution in [0.1, 0.15) is 129 Å². The fraction of sp³-hybridized carbons (Fsp3) is 0.689. The largest absolute Gasteiger partial charge is 0.472 e. The van der Waals surface area contributed by atoms with E-state index >= 15 is 0 Å². The van der Waals surface area contributed by atoms with Crippen LogP contribution in [0.3, 0.4) is 0 Å². The highest BCUT2D eigenvalue weighted by atomic mass is 31.2. The van der Waals surface area contributed by atoms with Crippen molar-refractivity contribution in [2.24, 2.45) is 0 Å². The minimum absolute atomic E-state index is 0.0511. The molecule has 18 nitrogen and oxygen atoms in total. The summed E-state index contributed by atoms with van der Waals surface area (Å²) in [6.45, 7) is 2.72. The Labute approximate surface area is 384 Å². The highest BCUT2D eigenvalue weighted by Crippen LogP contribution is 2.49. The molecule has 1 rings (SSSR count). The normalized spacial score (nSPS) is 23.3. The van der Waals surface area contributed by atoms with Crippen molar-refractivity contribution in [1.29, 1.82) is 0 Å². The van der Waals surface area contributed by atoms with Crippen molar-refractivity contribution in [3.05, 3.63) is 72.9 Å². The van der Waals surface area contributed by atoms with Crippen molar-refractivity contribution in [2.75, 3.05) is 13.2 Å². The lowest BCUT2D eigenvalue weighted by Crippen LogP contribution is -2.64. The SMILES string of the molecule is CCC/C=C\C/C=C\CCCCCCCC(=O)OC[C@H](COP(=O)(O)O[C@H]1C(O)C(O)C(O)[C@@H](OP(=O)(O)O)C1O)OC(=O)CCC[C@H](O)/C=C/C=C\C/C=C\C=C\[C@H](O)CCCCC. The van der Waals surface area contributed by atoms with E-state index in [-0.39, 0.29) is 25.7 Å². The number of allylic oxidation sites excluding steroid dienone is 10. The molecule has 1 saturated carbocycles. The standard InChI is InChI=1S/C45H76O18P2/c1-3-5-7-8-9-10-11-12-13-14-18-21-25-31-38(48)59-33-37(34-60-65(57,58)63-45-42(52)40(50)41(51)44(43(45)53)62-64(54,55)56)61-39(49)32-26-30-36(47)29-24-20-17-15-16-19-23-28-35(46)27-22-6-4-2/h7-8,10-11,16-17,19-20,23-24,28-29,35-37,40-47,50-53H,3-6,9,12-15,18,21-22,25-27,30-34H2,1-2H3,(H,57,58)(H2,54,55,56)/b8-7-,11-10-,19-16-,20-17-,28-23+,29-24+/t35-,36-,37-,40?,41?,42?,43?,44-,45+/m1/s1. The number of aliphatic hydroxyl groups is 6. The molecule has 0 heterocycles. The average Bonchev–Trinajstić information content (AvgIpc) is 3.25. The molecule has 374 valence electrons. The van der Waals surface area contributed by atoms with Gasteiger partial charge in [0.2, 0.25) is 0 Å². The molecule has 1 fully saturated rings. The van der Waals surface area contributed by atoms with E-state index in [1.165, 1.54) is 0 Å². The molecule has 10 atom stereocenters. The molecule has 20 heteroatoms. The predicted octanol–water partition coefficient (Wildman–Crippen LogP) is 6.00. The predicted molar refractivity (Wildman–Crippen MR) is 244 cm³/mol. The summed E-state index contributed by atoms with van der Waals surface area (Å²) in [7, 11) is -10.8. The number of carbonyl (C=O) groups excluding carboxylic acids is 2. The van der Waals surface area contributed by atoms with Crippen molar-refractivity contribution < 1.29 is 87.1 Å². The molecule has 0 bridgehead atoms. The van der Waals surface area contributed by atoms with Gasteiger partial charge in [0.25, 0.3) is 0 Å². The first kappa shape index (κ1) is 60.4. The summed E-state index contributed by atoms with van der Waals surface area (Å²) < 4.78 is 49.1. The van der Waals surface area contributed by atoms with Gasteiger partial charge in [-0.15, -0.1) is 0 Å². The molecule has 0 aliphatic heterocycles. The van der Waals surface area contributed by atoms with E-state index < -0.39 is 95.7 Å². The van der Waals surface area contributed by atoms with Crippen LogP contribution in [0.5, 0.6) is 0 Å². The van der Waals surface area contributed by atoms with E-state index in [9.17, 15) is 54.3 Å². The van der Waals surface area contributed by atoms with Gasteiger partial charge in [0.05, 0.1) is 18.8 Å². The van der Waals surface area contributed by atoms with Gasteiger partial charge in [-0.3, -0.25) is 23.2 Å². The van der Waals surface area contributed by atoms with Crippen LogP contribution < -0.4 is 0 Å². The van der Waals surface area contributed by atoms with Gasteiger partial charge < -0.3 is 54.8 Å². The van der Waals surface area contributed by atoms with Crippen LogP contribution in [0, 0.1) is 0 Å². The van der Waals surface area contributed by atoms with Crippen molar-refractivity contribution in [1.82, 2.24) is 0 Å². The highest BCUT2D eigenvalue weighted by molar-refractivity contribution is 7.47. The van der Waals surface area contributed by atoms with Gasteiger partial charge in [-0.25, -0.2) is 9.13 Å². The van der Waals surface area contributed by atoms with Crippen LogP contribution in [0.2, 0.25) is 0 Å². The number of hydrogen-bond acceptors (Lipinski definition) is 15. The lowest BCUT2D eigenvalue weighted by atomic mass is 9.85. The molecule has 0 saturated heterocycles. The molecule has 0 spiro atoms. The van der Waals surface area contributed by atoms with E-state index in [4.69, 9.17) is 28.3 Å². The van der Waals surface area contributed by atoms with Gasteiger partial charge in [-0.1, -0.05) is 132 Å². The van der Waals surface area contributed by atoms with Crippen molar-refractivity contribution >= 4 is 27.6 Å². The Hall–Kier alpha value is -2.64. The number of carbonyl (C=O) groups is 2. The monoisotopic (exact) mass is 966 g/mol. The summed E-state index contributed by atoms with van der Waals surface area (Å²) in [6, 6.07) is 0. The Morgan fingerprint density at radius 1 is 0.569 bits per heavy atom. The number of unbranched alkanes of at least 4 members (excludes halogenated alkanes) is 8. The van der Waals surface area contributed by atoms with E-state index in [0.29, 0.717) is 12.8 Å². The van der Waals surface area contributed by atoms with Gasteiger partial charge in [-0.05, 0) is 57.8 Å². The molecule has 9 N–H and O–H groups in total. The van der Waals surface area contributed by atoms with E-state index in [0.717, 1.165) is 77.0 Å². The lowest BCUT2D eigenvalue weighted by Gasteiger charge is -2.43. The number of phosphoric ester groups is 2. The number of aliphatic hydroxyl groups excluding tert-OH is 6. The Balaban J connectivity index is 2.74. The third kappa shape index (κ3) is 30.4. The lowest BCUT2D eigenvalue weighted by molar-refractivity contribution is -0.216. The molecule has 0 radical (unpaired) electrons. The number of rotatable bonds is 36. The summed E-state index contributed by atoms with van der Waals surface area (Å²) in [6.07, 6.45) is 19.2. The van der Waals surface area contributed by atoms with E-state index in [2.05, 4.69) is 42.7 Å². The van der Waals surface area contributed by atoms with Crippen LogP contribution in [-0.2, 0) is 41.8 Å². The van der Waals surface area contributed by atoms with Crippen LogP contribution in [0.15, 0.2) is 72.9 Å². The zero-order valence-electron chi connectivity index (χ0n) is 37.9. The fourth-order valence-corrected chi connectivity index (χ4v) is 7.87. The van der Waals surface area contributed by atoms with E-state index in [1.54, 1.807) is 30.4 Å². The Kier molecular flexibility index (Phi) is 33.0. The number of hydrogen-bond donors (Lipinski definition) is 9. The highest BCUT2D eigenvalue weighted by Gasteiger charge is 2.54. The first-order valence-electron chi connectivity index (χ1n) is 22.7. The van der Waals surface area contributed by atoms with Gasteiger partial charge in [-0.2, -0.15) is 0 Å². The molecule has 65 heavy (non-hydrogen) atoms. The molecule has 0 aromatic rings. The second kappa shape index (κ2) is 35.5. The first-order valence-corrected chi connectivity index (χ1v) is 25.7. The molecule has 0 aromatic heterocycles. The molecular weight excluding hydrogens is 890 g/mol. The summed E-state index contributed by atoms with van der Waals surface area (Å²) in [4.78, 5) is 54.2. The summed E-state index contributed by atoms with van der Waals surface area (Å²) >= 11 is 0. The van der Waals surface area contributed by atoms with Crippen LogP contribution >= 0.6 is 15.6 Å². The zero-order chi connectivity index (χ0) is 48.5. The van der Waals surface area contributed by atoms with Crippen molar-refractivity contribution in [3.8, 4) is 0 Å². The summed E-state index contributed by atoms with van der Waals surface area (Å²) in [5.41, 5.74) is 0. The van der Waals surface area contributed by atoms with Gasteiger partial charge in [0, 0.05) is 12.8 Å². The third-order valence-electron chi connectivity index (χ3n) is 9.94. The first-order chi connectivity index (χ1) is 30.9. The Morgan fingerprint density at radius 3 is 1.74 bits per heavy atom. The maximum absolute atomic E-state index is 13.0. The van der Waals surface area contributed by atoms with Gasteiger partial charge in [0.15, 0.2) is 6.10 Å². The minimum atomic E-state index is -5.40. The molecule has 1 aliphatic rings. The van der Waals surface area contributed by atoms with Crippen molar-refractivity contribution in [2.45, 2.75) is 184 Å². The molecule has 5 unspecified atom stereocenters. The smallest absolute Gasteiger partial charge is 0.462 e. The maximum atomic E-state index is 13.0. The topological polar surface area (TPSA) is 296 Å². The maximum Gasteiger partial charge on any atom is 0.472 e. The van der Waals surface area contributed by atoms with Gasteiger partial charge in [0.1, 0.15) is 43.2 Å². The Morgan fingerprint density at radius 2 is 1.12 bits per heavy atom. The fourth-order valence-electron chi connectivity index (χ4n) is 6.33. The summed E-state index contributed by atoms with van der Waals surface area (Å²) in [5.74, 6) is -1.46. The molecule has 0 aromatic carbocycles. The average molecular weight is 967 g/mol. The summed E-state index contributed by atoms with van der Waals surface area (Å²) in [5, 5.41) is 61.4. The quantitative estimate of drug-likeness (QED) is 0.0114. The second-order valence-corrected chi connectivity index (χ2v) is 18.4. The zero-order valence-corrected chi connectivity index (χ0v) is 39.6.